The van der Waals surface area contributed by atoms with Crippen molar-refractivity contribution in [3.63, 3.8) is 0 Å². The average Bonchev–Trinajstić information content (AvgIpc) is 3.21. The quantitative estimate of drug-likeness (QED) is 0.338. The van der Waals surface area contributed by atoms with Gasteiger partial charge in [0.25, 0.3) is 0 Å². The molecular weight excluding hydrogens is 521 g/mol. The highest BCUT2D eigenvalue weighted by Crippen LogP contribution is 2.19. The second-order valence-electron chi connectivity index (χ2n) is 8.02. The van der Waals surface area contributed by atoms with E-state index in [0.717, 1.165) is 49.2 Å². The SMILES string of the molecule is CN=C(NCc1cccnc1N1CCN(C)CC1)N1CCN(c2cnn(C)c2)C(=O)C1.I. The molecule has 1 N–H and O–H groups in total. The predicted molar refractivity (Wildman–Crippen MR) is 137 cm³/mol. The smallest absolute Gasteiger partial charge is 0.246 e. The molecule has 0 aromatic carbocycles. The van der Waals surface area contributed by atoms with Gasteiger partial charge in [-0.3, -0.25) is 14.5 Å². The fraction of sp³-hybridized carbons (Fsp3) is 0.524. The number of carbonyl (C=O) groups excluding carboxylic acids is 1. The minimum absolute atomic E-state index is 0. The summed E-state index contributed by atoms with van der Waals surface area (Å²) in [4.78, 5) is 30.3. The van der Waals surface area contributed by atoms with Crippen LogP contribution in [0.5, 0.6) is 0 Å². The Morgan fingerprint density at radius 2 is 1.94 bits per heavy atom. The largest absolute Gasteiger partial charge is 0.354 e. The number of guanidine groups is 1. The van der Waals surface area contributed by atoms with Gasteiger partial charge in [-0.15, -0.1) is 24.0 Å². The van der Waals surface area contributed by atoms with Gasteiger partial charge in [0.1, 0.15) is 12.4 Å². The molecule has 10 nitrogen and oxygen atoms in total. The number of hydrogen-bond donors (Lipinski definition) is 1. The summed E-state index contributed by atoms with van der Waals surface area (Å²) in [5.41, 5.74) is 1.97. The number of hydrogen-bond acceptors (Lipinski definition) is 6. The zero-order valence-electron chi connectivity index (χ0n) is 18.9. The van der Waals surface area contributed by atoms with Crippen LogP contribution in [0.4, 0.5) is 11.5 Å². The fourth-order valence-electron chi connectivity index (χ4n) is 4.05. The van der Waals surface area contributed by atoms with Crippen LogP contribution in [0.3, 0.4) is 0 Å². The molecule has 4 rings (SSSR count). The highest BCUT2D eigenvalue weighted by atomic mass is 127. The van der Waals surface area contributed by atoms with E-state index in [1.54, 1.807) is 22.8 Å². The Bertz CT molecular complexity index is 939. The van der Waals surface area contributed by atoms with Gasteiger partial charge in [0.15, 0.2) is 5.96 Å². The molecule has 2 aliphatic heterocycles. The number of halogens is 1. The number of likely N-dealkylation sites (N-methyl/N-ethyl adjacent to an activating group) is 1. The van der Waals surface area contributed by atoms with E-state index in [1.165, 1.54) is 0 Å². The summed E-state index contributed by atoms with van der Waals surface area (Å²) >= 11 is 0. The van der Waals surface area contributed by atoms with Crippen molar-refractivity contribution in [2.24, 2.45) is 12.0 Å². The van der Waals surface area contributed by atoms with Crippen molar-refractivity contribution in [3.05, 3.63) is 36.3 Å². The Labute approximate surface area is 206 Å². The maximum atomic E-state index is 12.7. The average molecular weight is 553 g/mol. The molecule has 1 amide bonds. The Morgan fingerprint density at radius 1 is 1.16 bits per heavy atom. The second kappa shape index (κ2) is 10.9. The summed E-state index contributed by atoms with van der Waals surface area (Å²) < 4.78 is 1.71. The Morgan fingerprint density at radius 3 is 2.59 bits per heavy atom. The van der Waals surface area contributed by atoms with Crippen LogP contribution in [0.15, 0.2) is 35.7 Å². The van der Waals surface area contributed by atoms with Crippen molar-refractivity contribution in [1.82, 2.24) is 29.9 Å². The van der Waals surface area contributed by atoms with E-state index in [1.807, 2.05) is 30.4 Å². The molecule has 4 heterocycles. The van der Waals surface area contributed by atoms with Gasteiger partial charge in [0.05, 0.1) is 11.9 Å². The summed E-state index contributed by atoms with van der Waals surface area (Å²) in [7, 11) is 5.76. The van der Waals surface area contributed by atoms with Crippen molar-refractivity contribution in [2.75, 3.05) is 69.7 Å². The molecule has 32 heavy (non-hydrogen) atoms. The van der Waals surface area contributed by atoms with Crippen molar-refractivity contribution in [2.45, 2.75) is 6.54 Å². The molecule has 0 bridgehead atoms. The van der Waals surface area contributed by atoms with Crippen LogP contribution in [0.1, 0.15) is 5.56 Å². The first kappa shape index (κ1) is 24.2. The van der Waals surface area contributed by atoms with Crippen molar-refractivity contribution < 1.29 is 4.79 Å². The molecule has 0 atom stereocenters. The first-order valence-corrected chi connectivity index (χ1v) is 10.7. The molecule has 2 aromatic heterocycles. The molecular formula is C21H32IN9O. The molecule has 2 saturated heterocycles. The number of nitrogens with one attached hydrogen (secondary N) is 1. The maximum absolute atomic E-state index is 12.7. The minimum Gasteiger partial charge on any atom is -0.354 e. The Kier molecular flexibility index (Phi) is 8.29. The lowest BCUT2D eigenvalue weighted by Gasteiger charge is -2.36. The maximum Gasteiger partial charge on any atom is 0.246 e. The summed E-state index contributed by atoms with van der Waals surface area (Å²) in [5, 5.41) is 7.61. The number of piperazine rings is 2. The van der Waals surface area contributed by atoms with Crippen molar-refractivity contribution in [1.29, 1.82) is 0 Å². The number of pyridine rings is 1. The molecule has 2 aromatic rings. The van der Waals surface area contributed by atoms with E-state index in [4.69, 9.17) is 0 Å². The van der Waals surface area contributed by atoms with Crippen LogP contribution in [0, 0.1) is 0 Å². The van der Waals surface area contributed by atoms with Crippen molar-refractivity contribution >= 4 is 47.3 Å². The third kappa shape index (κ3) is 5.49. The van der Waals surface area contributed by atoms with Crippen LogP contribution in [0.2, 0.25) is 0 Å². The molecule has 0 unspecified atom stereocenters. The van der Waals surface area contributed by atoms with E-state index in [2.05, 4.69) is 43.3 Å². The second-order valence-corrected chi connectivity index (χ2v) is 8.02. The number of anilines is 2. The summed E-state index contributed by atoms with van der Waals surface area (Å²) in [5.74, 6) is 1.80. The van der Waals surface area contributed by atoms with Gasteiger partial charge >= 0.3 is 0 Å². The number of rotatable bonds is 4. The summed E-state index contributed by atoms with van der Waals surface area (Å²) in [6.45, 7) is 6.22. The van der Waals surface area contributed by atoms with Gasteiger partial charge in [0.2, 0.25) is 5.91 Å². The van der Waals surface area contributed by atoms with Gasteiger partial charge in [-0.2, -0.15) is 5.10 Å². The van der Waals surface area contributed by atoms with Crippen molar-refractivity contribution in [3.8, 4) is 0 Å². The van der Waals surface area contributed by atoms with E-state index in [-0.39, 0.29) is 36.4 Å². The number of amides is 1. The standard InChI is InChI=1S/C21H31N9O.HI/c1-22-21(29-11-12-30(19(31)16-29)18-14-25-27(3)15-18)24-13-17-5-4-6-23-20(17)28-9-7-26(2)8-10-28;/h4-6,14-15H,7-13,16H2,1-3H3,(H,22,24);1H. The molecule has 0 aliphatic carbocycles. The number of aliphatic imine (C=N–C) groups is 1. The van der Waals surface area contributed by atoms with Crippen LogP contribution >= 0.6 is 24.0 Å². The lowest BCUT2D eigenvalue weighted by Crippen LogP contribution is -2.55. The predicted octanol–water partition coefficient (Wildman–Crippen LogP) is 0.609. The first-order chi connectivity index (χ1) is 15.0. The van der Waals surface area contributed by atoms with Gasteiger partial charge in [-0.1, -0.05) is 6.07 Å². The van der Waals surface area contributed by atoms with E-state index < -0.39 is 0 Å². The fourth-order valence-corrected chi connectivity index (χ4v) is 4.05. The molecule has 2 fully saturated rings. The third-order valence-electron chi connectivity index (χ3n) is 5.84. The number of aryl methyl sites for hydroxylation is 1. The normalized spacial score (nSPS) is 18.0. The Hall–Kier alpha value is -2.41. The van der Waals surface area contributed by atoms with Gasteiger partial charge in [-0.05, 0) is 13.1 Å². The highest BCUT2D eigenvalue weighted by molar-refractivity contribution is 14.0. The van der Waals surface area contributed by atoms with E-state index in [0.29, 0.717) is 19.6 Å². The Balaban J connectivity index is 0.00000289. The molecule has 0 saturated carbocycles. The van der Waals surface area contributed by atoms with Crippen LogP contribution in [-0.4, -0.2) is 96.3 Å². The summed E-state index contributed by atoms with van der Waals surface area (Å²) in [6, 6.07) is 4.07. The van der Waals surface area contributed by atoms with Gasteiger partial charge in [-0.25, -0.2) is 4.98 Å². The molecule has 174 valence electrons. The lowest BCUT2D eigenvalue weighted by molar-refractivity contribution is -0.120. The van der Waals surface area contributed by atoms with Gasteiger partial charge in [0, 0.05) is 77.9 Å². The monoisotopic (exact) mass is 553 g/mol. The molecule has 2 aliphatic rings. The third-order valence-corrected chi connectivity index (χ3v) is 5.84. The zero-order valence-corrected chi connectivity index (χ0v) is 21.3. The summed E-state index contributed by atoms with van der Waals surface area (Å²) in [6.07, 6.45) is 5.44. The number of aromatic nitrogens is 3. The topological polar surface area (TPSA) is 85.1 Å². The highest BCUT2D eigenvalue weighted by Gasteiger charge is 2.28. The van der Waals surface area contributed by atoms with E-state index >= 15 is 0 Å². The van der Waals surface area contributed by atoms with Gasteiger partial charge < -0.3 is 24.9 Å². The molecule has 0 radical (unpaired) electrons. The van der Waals surface area contributed by atoms with Crippen LogP contribution < -0.4 is 15.1 Å². The van der Waals surface area contributed by atoms with Crippen LogP contribution in [0.25, 0.3) is 0 Å². The lowest BCUT2D eigenvalue weighted by atomic mass is 10.2. The number of carbonyl (C=O) groups is 1. The zero-order chi connectivity index (χ0) is 21.8. The van der Waals surface area contributed by atoms with E-state index in [9.17, 15) is 4.79 Å². The minimum atomic E-state index is 0. The number of nitrogens with zero attached hydrogens (tertiary/aromatic N) is 8. The first-order valence-electron chi connectivity index (χ1n) is 10.7. The van der Waals surface area contributed by atoms with Crippen LogP contribution in [-0.2, 0) is 18.4 Å². The molecule has 0 spiro atoms. The molecule has 11 heteroatoms.